The van der Waals surface area contributed by atoms with Gasteiger partial charge in [0, 0.05) is 6.54 Å². The fourth-order valence-corrected chi connectivity index (χ4v) is 2.67. The van der Waals surface area contributed by atoms with Crippen LogP contribution in [0.1, 0.15) is 19.4 Å². The Kier molecular flexibility index (Phi) is 5.19. The smallest absolute Gasteiger partial charge is 0.241 e. The molecular formula is C12H14FN3O3S. The molecule has 0 fully saturated rings. The summed E-state index contributed by atoms with van der Waals surface area (Å²) < 4.78 is 39.3. The predicted octanol–water partition coefficient (Wildman–Crippen LogP) is 0.500. The van der Waals surface area contributed by atoms with Crippen LogP contribution < -0.4 is 10.0 Å². The van der Waals surface area contributed by atoms with Crippen LogP contribution in [-0.2, 0) is 14.8 Å². The fourth-order valence-electron chi connectivity index (χ4n) is 1.44. The van der Waals surface area contributed by atoms with Crippen molar-refractivity contribution in [2.45, 2.75) is 24.8 Å². The lowest BCUT2D eigenvalue weighted by Gasteiger charge is -2.13. The molecule has 0 bridgehead atoms. The van der Waals surface area contributed by atoms with Crippen LogP contribution in [0.3, 0.4) is 0 Å². The molecule has 0 heterocycles. The number of nitrogens with zero attached hydrogens (tertiary/aromatic N) is 1. The number of carbonyl (C=O) groups excluding carboxylic acids is 1. The van der Waals surface area contributed by atoms with Crippen LogP contribution in [0.2, 0.25) is 0 Å². The van der Waals surface area contributed by atoms with E-state index in [1.165, 1.54) is 6.92 Å². The van der Waals surface area contributed by atoms with E-state index in [2.05, 4.69) is 10.0 Å². The Balaban J connectivity index is 3.00. The Morgan fingerprint density at radius 3 is 2.70 bits per heavy atom. The zero-order valence-electron chi connectivity index (χ0n) is 11.0. The molecule has 0 aromatic heterocycles. The summed E-state index contributed by atoms with van der Waals surface area (Å²) in [5.74, 6) is -1.28. The molecule has 0 aliphatic rings. The highest BCUT2D eigenvalue weighted by Gasteiger charge is 2.22. The summed E-state index contributed by atoms with van der Waals surface area (Å²) in [6.45, 7) is 3.47. The van der Waals surface area contributed by atoms with Gasteiger partial charge in [0.2, 0.25) is 15.9 Å². The number of amides is 1. The Hall–Kier alpha value is -1.98. The third kappa shape index (κ3) is 3.76. The number of likely N-dealkylation sites (N-methyl/N-ethyl adjacent to an activating group) is 1. The van der Waals surface area contributed by atoms with Crippen LogP contribution in [0.5, 0.6) is 0 Å². The topological polar surface area (TPSA) is 99.1 Å². The zero-order chi connectivity index (χ0) is 15.3. The summed E-state index contributed by atoms with van der Waals surface area (Å²) >= 11 is 0. The minimum Gasteiger partial charge on any atom is -0.355 e. The number of carbonyl (C=O) groups is 1. The number of halogens is 1. The molecule has 0 saturated heterocycles. The summed E-state index contributed by atoms with van der Waals surface area (Å²) in [5.41, 5.74) is -0.376. The lowest BCUT2D eigenvalue weighted by molar-refractivity contribution is -0.122. The Labute approximate surface area is 116 Å². The first-order valence-corrected chi connectivity index (χ1v) is 7.29. The van der Waals surface area contributed by atoms with Gasteiger partial charge in [-0.2, -0.15) is 9.98 Å². The number of rotatable bonds is 5. The highest BCUT2D eigenvalue weighted by Crippen LogP contribution is 2.14. The second kappa shape index (κ2) is 6.45. The lowest BCUT2D eigenvalue weighted by atomic mass is 10.2. The van der Waals surface area contributed by atoms with E-state index in [1.54, 1.807) is 13.0 Å². The minimum atomic E-state index is -4.00. The van der Waals surface area contributed by atoms with Crippen molar-refractivity contribution >= 4 is 15.9 Å². The van der Waals surface area contributed by atoms with E-state index >= 15 is 0 Å². The average molecular weight is 299 g/mol. The van der Waals surface area contributed by atoms with Gasteiger partial charge in [-0.1, -0.05) is 0 Å². The molecule has 2 N–H and O–H groups in total. The quantitative estimate of drug-likeness (QED) is 0.827. The van der Waals surface area contributed by atoms with Crippen LogP contribution in [0.15, 0.2) is 23.1 Å². The van der Waals surface area contributed by atoms with E-state index < -0.39 is 27.8 Å². The molecule has 8 heteroatoms. The van der Waals surface area contributed by atoms with Crippen LogP contribution in [-0.4, -0.2) is 26.9 Å². The molecule has 1 rings (SSSR count). The average Bonchev–Trinajstić information content (AvgIpc) is 2.38. The van der Waals surface area contributed by atoms with Gasteiger partial charge in [0.15, 0.2) is 0 Å². The highest BCUT2D eigenvalue weighted by molar-refractivity contribution is 7.89. The predicted molar refractivity (Wildman–Crippen MR) is 69.6 cm³/mol. The van der Waals surface area contributed by atoms with Gasteiger partial charge in [-0.25, -0.2) is 12.8 Å². The lowest BCUT2D eigenvalue weighted by Crippen LogP contribution is -2.44. The largest absolute Gasteiger partial charge is 0.355 e. The Morgan fingerprint density at radius 2 is 2.15 bits per heavy atom. The van der Waals surface area contributed by atoms with Crippen molar-refractivity contribution in [1.29, 1.82) is 5.26 Å². The Morgan fingerprint density at radius 1 is 1.50 bits per heavy atom. The van der Waals surface area contributed by atoms with E-state index in [0.717, 1.165) is 18.2 Å². The number of hydrogen-bond acceptors (Lipinski definition) is 4. The molecule has 1 aromatic rings. The highest BCUT2D eigenvalue weighted by atomic mass is 32.2. The van der Waals surface area contributed by atoms with Crippen molar-refractivity contribution in [3.63, 3.8) is 0 Å². The first kappa shape index (κ1) is 16.1. The minimum absolute atomic E-state index is 0.272. The van der Waals surface area contributed by atoms with Crippen LogP contribution >= 0.6 is 0 Å². The van der Waals surface area contributed by atoms with E-state index in [0.29, 0.717) is 6.54 Å². The summed E-state index contributed by atoms with van der Waals surface area (Å²) in [7, 11) is -4.00. The van der Waals surface area contributed by atoms with Gasteiger partial charge >= 0.3 is 0 Å². The molecule has 0 aliphatic heterocycles. The second-order valence-electron chi connectivity index (χ2n) is 3.99. The number of nitriles is 1. The number of benzene rings is 1. The summed E-state index contributed by atoms with van der Waals surface area (Å²) in [6, 6.07) is 3.42. The fraction of sp³-hybridized carbons (Fsp3) is 0.333. The maximum atomic E-state index is 13.1. The second-order valence-corrected chi connectivity index (χ2v) is 5.70. The van der Waals surface area contributed by atoms with E-state index in [4.69, 9.17) is 5.26 Å². The summed E-state index contributed by atoms with van der Waals surface area (Å²) in [6.07, 6.45) is 0. The molecule has 20 heavy (non-hydrogen) atoms. The standard InChI is InChI=1S/C12H14FN3O3S/c1-3-15-12(17)8(2)16-20(18,19)10-4-5-11(13)9(6-10)7-14/h4-6,8,16H,3H2,1-2H3,(H,15,17)/t8-/m0/s1. The summed E-state index contributed by atoms with van der Waals surface area (Å²) in [5, 5.41) is 11.2. The first-order chi connectivity index (χ1) is 9.31. The van der Waals surface area contributed by atoms with Gasteiger partial charge in [-0.3, -0.25) is 4.79 Å². The molecule has 1 atom stereocenters. The van der Waals surface area contributed by atoms with Crippen molar-refractivity contribution in [3.05, 3.63) is 29.6 Å². The molecular weight excluding hydrogens is 285 g/mol. The molecule has 1 aromatic carbocycles. The van der Waals surface area contributed by atoms with Crippen molar-refractivity contribution in [3.8, 4) is 6.07 Å². The molecule has 0 saturated carbocycles. The maximum absolute atomic E-state index is 13.1. The summed E-state index contributed by atoms with van der Waals surface area (Å²) in [4.78, 5) is 11.2. The molecule has 108 valence electrons. The molecule has 0 spiro atoms. The van der Waals surface area contributed by atoms with E-state index in [1.807, 2.05) is 0 Å². The van der Waals surface area contributed by atoms with Crippen molar-refractivity contribution < 1.29 is 17.6 Å². The van der Waals surface area contributed by atoms with Crippen molar-refractivity contribution in [1.82, 2.24) is 10.0 Å². The van der Waals surface area contributed by atoms with E-state index in [-0.39, 0.29) is 10.5 Å². The van der Waals surface area contributed by atoms with Crippen molar-refractivity contribution in [2.24, 2.45) is 0 Å². The van der Waals surface area contributed by atoms with Crippen LogP contribution in [0.4, 0.5) is 4.39 Å². The number of hydrogen-bond donors (Lipinski definition) is 2. The van der Waals surface area contributed by atoms with Gasteiger partial charge in [0.05, 0.1) is 16.5 Å². The van der Waals surface area contributed by atoms with Gasteiger partial charge in [-0.15, -0.1) is 0 Å². The molecule has 0 aliphatic carbocycles. The number of sulfonamides is 1. The normalized spacial score (nSPS) is 12.5. The third-order valence-corrected chi connectivity index (χ3v) is 3.98. The van der Waals surface area contributed by atoms with Gasteiger partial charge < -0.3 is 5.32 Å². The van der Waals surface area contributed by atoms with Gasteiger partial charge in [0.1, 0.15) is 11.9 Å². The van der Waals surface area contributed by atoms with Gasteiger partial charge in [-0.05, 0) is 32.0 Å². The first-order valence-electron chi connectivity index (χ1n) is 5.81. The third-order valence-electron chi connectivity index (χ3n) is 2.44. The number of nitrogens with one attached hydrogen (secondary N) is 2. The zero-order valence-corrected chi connectivity index (χ0v) is 11.8. The molecule has 0 radical (unpaired) electrons. The van der Waals surface area contributed by atoms with Crippen LogP contribution in [0, 0.1) is 17.1 Å². The maximum Gasteiger partial charge on any atom is 0.241 e. The van der Waals surface area contributed by atoms with E-state index in [9.17, 15) is 17.6 Å². The van der Waals surface area contributed by atoms with Gasteiger partial charge in [0.25, 0.3) is 0 Å². The Bertz CT molecular complexity index is 652. The molecule has 1 amide bonds. The van der Waals surface area contributed by atoms with Crippen molar-refractivity contribution in [2.75, 3.05) is 6.54 Å². The molecule has 0 unspecified atom stereocenters. The van der Waals surface area contributed by atoms with Crippen LogP contribution in [0.25, 0.3) is 0 Å². The molecule has 6 nitrogen and oxygen atoms in total. The monoisotopic (exact) mass is 299 g/mol. The SMILES string of the molecule is CCNC(=O)[C@H](C)NS(=O)(=O)c1ccc(F)c(C#N)c1.